The molecule has 0 unspecified atom stereocenters. The minimum absolute atomic E-state index is 0.115. The van der Waals surface area contributed by atoms with Gasteiger partial charge in [-0.05, 0) is 99.6 Å². The van der Waals surface area contributed by atoms with E-state index in [1.165, 1.54) is 36.8 Å². The molecule has 3 rings (SSSR count). The van der Waals surface area contributed by atoms with Crippen LogP contribution in [0.4, 0.5) is 0 Å². The van der Waals surface area contributed by atoms with E-state index < -0.39 is 11.9 Å². The summed E-state index contributed by atoms with van der Waals surface area (Å²) in [5.41, 5.74) is 3.31. The quantitative estimate of drug-likeness (QED) is 0.200. The largest absolute Gasteiger partial charge is 0.457 e. The van der Waals surface area contributed by atoms with E-state index in [1.807, 2.05) is 24.3 Å². The fourth-order valence-corrected chi connectivity index (χ4v) is 4.30. The third-order valence-electron chi connectivity index (χ3n) is 6.39. The second-order valence-electron chi connectivity index (χ2n) is 9.53. The summed E-state index contributed by atoms with van der Waals surface area (Å²) in [4.78, 5) is 22.8. The van der Waals surface area contributed by atoms with Crippen molar-refractivity contribution in [3.8, 4) is 11.5 Å². The van der Waals surface area contributed by atoms with Crippen molar-refractivity contribution >= 4 is 11.9 Å². The van der Waals surface area contributed by atoms with Crippen molar-refractivity contribution in [3.05, 3.63) is 84.0 Å². The van der Waals surface area contributed by atoms with Gasteiger partial charge in [-0.15, -0.1) is 0 Å². The van der Waals surface area contributed by atoms with Crippen LogP contribution in [0.15, 0.2) is 72.8 Å². The highest BCUT2D eigenvalue weighted by atomic mass is 16.7. The van der Waals surface area contributed by atoms with Crippen LogP contribution in [0.3, 0.4) is 0 Å². The Morgan fingerprint density at radius 3 is 1.31 bits per heavy atom. The molecule has 1 fully saturated rings. The molecule has 0 bridgehead atoms. The van der Waals surface area contributed by atoms with Crippen molar-refractivity contribution in [2.75, 3.05) is 13.6 Å². The molecule has 0 aromatic heterocycles. The lowest BCUT2D eigenvalue weighted by Crippen LogP contribution is -2.18. The molecule has 1 aliphatic carbocycles. The number of hydrogen-bond donors (Lipinski definition) is 0. The lowest BCUT2D eigenvalue weighted by molar-refractivity contribution is -0.146. The molecule has 1 aliphatic rings. The van der Waals surface area contributed by atoms with Gasteiger partial charge in [0.1, 0.15) is 11.5 Å². The number of rotatable bonds is 12. The van der Waals surface area contributed by atoms with E-state index in [-0.39, 0.29) is 13.6 Å². The van der Waals surface area contributed by atoms with E-state index in [1.54, 1.807) is 13.8 Å². The average Bonchev–Trinajstić information content (AvgIpc) is 2.87. The summed E-state index contributed by atoms with van der Waals surface area (Å²) >= 11 is 0. The highest BCUT2D eigenvalue weighted by Gasteiger charge is 2.21. The molecule has 2 aromatic rings. The Labute approximate surface area is 213 Å². The molecule has 36 heavy (non-hydrogen) atoms. The van der Waals surface area contributed by atoms with Gasteiger partial charge in [0.2, 0.25) is 13.6 Å². The zero-order valence-electron chi connectivity index (χ0n) is 21.3. The zero-order valence-corrected chi connectivity index (χ0v) is 21.3. The van der Waals surface area contributed by atoms with Crippen LogP contribution in [0.5, 0.6) is 11.5 Å². The van der Waals surface area contributed by atoms with Gasteiger partial charge in [-0.2, -0.15) is 0 Å². The number of esters is 2. The zero-order chi connectivity index (χ0) is 25.9. The van der Waals surface area contributed by atoms with Crippen molar-refractivity contribution < 1.29 is 28.5 Å². The number of benzene rings is 2. The number of carbonyl (C=O) groups excluding carboxylic acids is 2. The molecule has 0 heterocycles. The van der Waals surface area contributed by atoms with Crippen LogP contribution in [0.2, 0.25) is 0 Å². The Balaban J connectivity index is 1.35. The molecular formula is C30H36O6. The maximum atomic E-state index is 11.4. The molecule has 0 atom stereocenters. The summed E-state index contributed by atoms with van der Waals surface area (Å²) in [6.07, 6.45) is 7.06. The summed E-state index contributed by atoms with van der Waals surface area (Å²) in [6, 6.07) is 16.0. The van der Waals surface area contributed by atoms with Gasteiger partial charge in [-0.25, -0.2) is 9.59 Å². The third kappa shape index (κ3) is 8.91. The highest BCUT2D eigenvalue weighted by Crippen LogP contribution is 2.33. The van der Waals surface area contributed by atoms with Gasteiger partial charge in [-0.3, -0.25) is 0 Å². The van der Waals surface area contributed by atoms with E-state index in [4.69, 9.17) is 18.9 Å². The van der Waals surface area contributed by atoms with Gasteiger partial charge < -0.3 is 18.9 Å². The van der Waals surface area contributed by atoms with Gasteiger partial charge in [-0.1, -0.05) is 37.4 Å². The molecule has 192 valence electrons. The van der Waals surface area contributed by atoms with E-state index in [9.17, 15) is 9.59 Å². The van der Waals surface area contributed by atoms with Gasteiger partial charge in [0.05, 0.1) is 0 Å². The van der Waals surface area contributed by atoms with Crippen LogP contribution in [0.1, 0.15) is 50.7 Å². The third-order valence-corrected chi connectivity index (χ3v) is 6.39. The van der Waals surface area contributed by atoms with Crippen LogP contribution in [-0.4, -0.2) is 25.5 Å². The van der Waals surface area contributed by atoms with E-state index in [0.29, 0.717) is 34.5 Å². The molecule has 0 aliphatic heterocycles. The predicted octanol–water partition coefficient (Wildman–Crippen LogP) is 6.19. The van der Waals surface area contributed by atoms with Crippen molar-refractivity contribution in [2.45, 2.75) is 52.4 Å². The molecule has 6 heteroatoms. The van der Waals surface area contributed by atoms with Gasteiger partial charge in [0, 0.05) is 11.1 Å². The van der Waals surface area contributed by atoms with Crippen LogP contribution in [0, 0.1) is 11.8 Å². The smallest absolute Gasteiger partial charge is 0.335 e. The van der Waals surface area contributed by atoms with Crippen LogP contribution in [0.25, 0.3) is 0 Å². The van der Waals surface area contributed by atoms with Crippen molar-refractivity contribution in [2.24, 2.45) is 11.8 Å². The summed E-state index contributed by atoms with van der Waals surface area (Å²) in [6.45, 7) is 10.1. The number of carbonyl (C=O) groups is 2. The Kier molecular flexibility index (Phi) is 10.2. The van der Waals surface area contributed by atoms with E-state index in [2.05, 4.69) is 37.4 Å². The van der Waals surface area contributed by atoms with E-state index in [0.717, 1.165) is 12.8 Å². The first-order valence-corrected chi connectivity index (χ1v) is 12.4. The summed E-state index contributed by atoms with van der Waals surface area (Å²) in [5, 5.41) is 0. The summed E-state index contributed by atoms with van der Waals surface area (Å²) < 4.78 is 20.9. The fourth-order valence-electron chi connectivity index (χ4n) is 4.30. The first kappa shape index (κ1) is 27.1. The molecular weight excluding hydrogens is 456 g/mol. The summed E-state index contributed by atoms with van der Waals surface area (Å²) in [5.74, 6) is 1.85. The maximum absolute atomic E-state index is 11.4. The molecule has 0 N–H and O–H groups in total. The number of ether oxygens (including phenoxy) is 4. The van der Waals surface area contributed by atoms with Crippen LogP contribution in [-0.2, 0) is 31.9 Å². The fraction of sp³-hybridized carbons (Fsp3) is 0.400. The standard InChI is InChI=1S/C30H36O6/c1-21(2)29(31)35-19-33-27-13-9-25(10-14-27)17-23-5-7-24(8-6-23)18-26-11-15-28(16-12-26)34-20-36-30(32)22(3)4/h9-16,23-24H,1,3,5-8,17-20H2,2,4H3. The Morgan fingerprint density at radius 2 is 1.00 bits per heavy atom. The van der Waals surface area contributed by atoms with Crippen molar-refractivity contribution in [1.29, 1.82) is 0 Å². The second kappa shape index (κ2) is 13.5. The Morgan fingerprint density at radius 1 is 0.667 bits per heavy atom. The van der Waals surface area contributed by atoms with Gasteiger partial charge in [0.25, 0.3) is 0 Å². The molecule has 6 nitrogen and oxygen atoms in total. The number of hydrogen-bond acceptors (Lipinski definition) is 6. The normalized spacial score (nSPS) is 17.1. The maximum Gasteiger partial charge on any atom is 0.335 e. The minimum atomic E-state index is -0.452. The van der Waals surface area contributed by atoms with Crippen molar-refractivity contribution in [1.82, 2.24) is 0 Å². The minimum Gasteiger partial charge on any atom is -0.457 e. The lowest BCUT2D eigenvalue weighted by atomic mass is 9.77. The summed E-state index contributed by atoms with van der Waals surface area (Å²) in [7, 11) is 0. The Hall–Kier alpha value is -3.54. The molecule has 0 saturated heterocycles. The van der Waals surface area contributed by atoms with Gasteiger partial charge in [0.15, 0.2) is 0 Å². The van der Waals surface area contributed by atoms with Crippen molar-refractivity contribution in [3.63, 3.8) is 0 Å². The van der Waals surface area contributed by atoms with Crippen LogP contribution < -0.4 is 9.47 Å². The predicted molar refractivity (Wildman–Crippen MR) is 139 cm³/mol. The first-order valence-electron chi connectivity index (χ1n) is 12.4. The van der Waals surface area contributed by atoms with E-state index >= 15 is 0 Å². The SMILES string of the molecule is C=C(C)C(=O)OCOc1ccc(CC2CCC(Cc3ccc(OCOC(=O)C(=C)C)cc3)CC2)cc1. The monoisotopic (exact) mass is 492 g/mol. The Bertz CT molecular complexity index is 945. The molecule has 0 spiro atoms. The molecule has 0 radical (unpaired) electrons. The van der Waals surface area contributed by atoms with Gasteiger partial charge >= 0.3 is 11.9 Å². The molecule has 0 amide bonds. The molecule has 2 aromatic carbocycles. The highest BCUT2D eigenvalue weighted by molar-refractivity contribution is 5.87. The lowest BCUT2D eigenvalue weighted by Gasteiger charge is -2.28. The average molecular weight is 493 g/mol. The second-order valence-corrected chi connectivity index (χ2v) is 9.53. The molecule has 1 saturated carbocycles. The topological polar surface area (TPSA) is 71.1 Å². The van der Waals surface area contributed by atoms with Crippen LogP contribution >= 0.6 is 0 Å². The first-order chi connectivity index (χ1) is 17.3.